The molecule has 0 amide bonds. The molecule has 0 radical (unpaired) electrons. The molecule has 2 nitrogen and oxygen atoms in total. The van der Waals surface area contributed by atoms with Gasteiger partial charge in [0.2, 0.25) is 0 Å². The first-order valence-electron chi connectivity index (χ1n) is 6.58. The topological polar surface area (TPSA) is 24.9 Å². The van der Waals surface area contributed by atoms with Gasteiger partial charge in [-0.3, -0.25) is 0 Å². The summed E-state index contributed by atoms with van der Waals surface area (Å²) >= 11 is 25.6. The van der Waals surface area contributed by atoms with E-state index in [1.165, 1.54) is 0 Å². The highest BCUT2D eigenvalue weighted by Gasteiger charge is 2.12. The van der Waals surface area contributed by atoms with Crippen molar-refractivity contribution in [1.82, 2.24) is 4.98 Å². The van der Waals surface area contributed by atoms with Gasteiger partial charge in [0.05, 0.1) is 15.7 Å². The normalized spacial score (nSPS) is 10.8. The van der Waals surface area contributed by atoms with Crippen LogP contribution in [0, 0.1) is 6.92 Å². The zero-order valence-corrected chi connectivity index (χ0v) is 15.7. The fourth-order valence-corrected chi connectivity index (χ4v) is 3.79. The van der Waals surface area contributed by atoms with Crippen molar-refractivity contribution < 1.29 is 0 Å². The molecule has 3 rings (SSSR count). The SMILES string of the molecule is Cc1sc(Nc2cc(Cl)cc(Cl)c2)nc1-c1ccc(Cl)c(Cl)c1. The van der Waals surface area contributed by atoms with Gasteiger partial charge in [-0.05, 0) is 37.3 Å². The molecule has 23 heavy (non-hydrogen) atoms. The summed E-state index contributed by atoms with van der Waals surface area (Å²) in [7, 11) is 0. The monoisotopic (exact) mass is 402 g/mol. The van der Waals surface area contributed by atoms with Gasteiger partial charge in [-0.25, -0.2) is 4.98 Å². The number of rotatable bonds is 3. The average Bonchev–Trinajstić information content (AvgIpc) is 2.81. The number of halogens is 4. The summed E-state index contributed by atoms with van der Waals surface area (Å²) in [5, 5.41) is 6.14. The Bertz CT molecular complexity index is 856. The first-order chi connectivity index (χ1) is 10.9. The Balaban J connectivity index is 1.92. The van der Waals surface area contributed by atoms with Crippen LogP contribution in [0.5, 0.6) is 0 Å². The third kappa shape index (κ3) is 3.93. The minimum Gasteiger partial charge on any atom is -0.331 e. The average molecular weight is 404 g/mol. The lowest BCUT2D eigenvalue weighted by atomic mass is 10.1. The molecule has 0 saturated heterocycles. The highest BCUT2D eigenvalue weighted by molar-refractivity contribution is 7.16. The summed E-state index contributed by atoms with van der Waals surface area (Å²) in [6.45, 7) is 2.01. The Morgan fingerprint density at radius 2 is 1.61 bits per heavy atom. The van der Waals surface area contributed by atoms with Gasteiger partial charge in [-0.15, -0.1) is 11.3 Å². The lowest BCUT2D eigenvalue weighted by Crippen LogP contribution is -1.90. The van der Waals surface area contributed by atoms with Gasteiger partial charge in [0, 0.05) is 26.2 Å². The predicted molar refractivity (Wildman–Crippen MR) is 102 cm³/mol. The molecule has 3 aromatic rings. The van der Waals surface area contributed by atoms with Gasteiger partial charge in [0.1, 0.15) is 0 Å². The van der Waals surface area contributed by atoms with Crippen LogP contribution in [-0.2, 0) is 0 Å². The summed E-state index contributed by atoms with van der Waals surface area (Å²) in [4.78, 5) is 5.69. The maximum Gasteiger partial charge on any atom is 0.187 e. The van der Waals surface area contributed by atoms with E-state index in [-0.39, 0.29) is 0 Å². The standard InChI is InChI=1S/C16H10Cl4N2S/c1-8-15(9-2-3-13(19)14(20)4-9)22-16(23-8)21-12-6-10(17)5-11(18)7-12/h2-7H,1H3,(H,21,22). The molecule has 0 aliphatic rings. The Labute approximate surface area is 158 Å². The zero-order valence-electron chi connectivity index (χ0n) is 11.8. The second-order valence-corrected chi connectivity index (χ2v) is 7.73. The second-order valence-electron chi connectivity index (χ2n) is 4.84. The van der Waals surface area contributed by atoms with Crippen LogP contribution in [0.15, 0.2) is 36.4 Å². The van der Waals surface area contributed by atoms with Crippen molar-refractivity contribution in [3.05, 3.63) is 61.4 Å². The van der Waals surface area contributed by atoms with Gasteiger partial charge >= 0.3 is 0 Å². The molecule has 0 saturated carbocycles. The highest BCUT2D eigenvalue weighted by atomic mass is 35.5. The van der Waals surface area contributed by atoms with Crippen LogP contribution in [0.1, 0.15) is 4.88 Å². The quantitative estimate of drug-likeness (QED) is 0.490. The number of benzene rings is 2. The first-order valence-corrected chi connectivity index (χ1v) is 8.91. The summed E-state index contributed by atoms with van der Waals surface area (Å²) < 4.78 is 0. The Kier molecular flexibility index (Phi) is 5.04. The molecular formula is C16H10Cl4N2S. The van der Waals surface area contributed by atoms with Crippen molar-refractivity contribution >= 4 is 68.6 Å². The number of aryl methyl sites for hydroxylation is 1. The molecule has 0 fully saturated rings. The van der Waals surface area contributed by atoms with Gasteiger partial charge in [-0.2, -0.15) is 0 Å². The van der Waals surface area contributed by atoms with Gasteiger partial charge in [0.15, 0.2) is 5.13 Å². The molecule has 7 heteroatoms. The molecule has 0 unspecified atom stereocenters. The predicted octanol–water partition coefficient (Wildman–Crippen LogP) is 7.48. The number of anilines is 2. The first kappa shape index (κ1) is 16.9. The summed E-state index contributed by atoms with van der Waals surface area (Å²) in [6, 6.07) is 10.7. The van der Waals surface area contributed by atoms with Crippen LogP contribution in [-0.4, -0.2) is 4.98 Å². The van der Waals surface area contributed by atoms with Crippen LogP contribution >= 0.6 is 57.7 Å². The van der Waals surface area contributed by atoms with E-state index in [1.54, 1.807) is 35.6 Å². The summed E-state index contributed by atoms with van der Waals surface area (Å²) in [5.74, 6) is 0. The molecule has 1 heterocycles. The minimum absolute atomic E-state index is 0.507. The highest BCUT2D eigenvalue weighted by Crippen LogP contribution is 2.35. The lowest BCUT2D eigenvalue weighted by Gasteiger charge is -2.04. The molecule has 0 atom stereocenters. The van der Waals surface area contributed by atoms with Crippen molar-refractivity contribution in [2.75, 3.05) is 5.32 Å². The number of nitrogens with one attached hydrogen (secondary N) is 1. The van der Waals surface area contributed by atoms with Crippen LogP contribution in [0.4, 0.5) is 10.8 Å². The van der Waals surface area contributed by atoms with Crippen molar-refractivity contribution in [3.63, 3.8) is 0 Å². The maximum atomic E-state index is 6.09. The summed E-state index contributed by atoms with van der Waals surface area (Å²) in [5.41, 5.74) is 2.58. The smallest absolute Gasteiger partial charge is 0.187 e. The van der Waals surface area contributed by atoms with E-state index in [9.17, 15) is 0 Å². The van der Waals surface area contributed by atoms with E-state index in [4.69, 9.17) is 46.4 Å². The minimum atomic E-state index is 0.507. The van der Waals surface area contributed by atoms with E-state index in [2.05, 4.69) is 10.3 Å². The fraction of sp³-hybridized carbons (Fsp3) is 0.0625. The molecule has 2 aromatic carbocycles. The van der Waals surface area contributed by atoms with Crippen LogP contribution in [0.3, 0.4) is 0 Å². The zero-order chi connectivity index (χ0) is 16.6. The van der Waals surface area contributed by atoms with Crippen molar-refractivity contribution in [2.24, 2.45) is 0 Å². The van der Waals surface area contributed by atoms with E-state index in [0.29, 0.717) is 20.1 Å². The van der Waals surface area contributed by atoms with E-state index >= 15 is 0 Å². The number of aromatic nitrogens is 1. The van der Waals surface area contributed by atoms with Crippen LogP contribution in [0.25, 0.3) is 11.3 Å². The Hall–Kier alpha value is -0.970. The third-order valence-corrected chi connectivity index (χ3v) is 5.17. The Morgan fingerprint density at radius 3 is 2.26 bits per heavy atom. The molecule has 0 aliphatic carbocycles. The van der Waals surface area contributed by atoms with Crippen molar-refractivity contribution in [1.29, 1.82) is 0 Å². The van der Waals surface area contributed by atoms with E-state index < -0.39 is 0 Å². The largest absolute Gasteiger partial charge is 0.331 e. The van der Waals surface area contributed by atoms with E-state index in [1.807, 2.05) is 19.1 Å². The number of hydrogen-bond donors (Lipinski definition) is 1. The lowest BCUT2D eigenvalue weighted by molar-refractivity contribution is 1.36. The molecule has 118 valence electrons. The maximum absolute atomic E-state index is 6.09. The number of thiazole rings is 1. The van der Waals surface area contributed by atoms with Gasteiger partial charge in [-0.1, -0.05) is 52.5 Å². The van der Waals surface area contributed by atoms with Gasteiger partial charge < -0.3 is 5.32 Å². The second kappa shape index (κ2) is 6.88. The van der Waals surface area contributed by atoms with Crippen LogP contribution < -0.4 is 5.32 Å². The molecule has 1 aromatic heterocycles. The van der Waals surface area contributed by atoms with Gasteiger partial charge in [0.25, 0.3) is 0 Å². The molecule has 0 aliphatic heterocycles. The third-order valence-electron chi connectivity index (χ3n) is 3.10. The van der Waals surface area contributed by atoms with Crippen molar-refractivity contribution in [3.8, 4) is 11.3 Å². The number of nitrogens with zero attached hydrogens (tertiary/aromatic N) is 1. The van der Waals surface area contributed by atoms with Crippen LogP contribution in [0.2, 0.25) is 20.1 Å². The molecule has 1 N–H and O–H groups in total. The fourth-order valence-electron chi connectivity index (χ4n) is 2.11. The summed E-state index contributed by atoms with van der Waals surface area (Å²) in [6.07, 6.45) is 0. The van der Waals surface area contributed by atoms with Crippen molar-refractivity contribution in [2.45, 2.75) is 6.92 Å². The van der Waals surface area contributed by atoms with E-state index in [0.717, 1.165) is 27.0 Å². The molecule has 0 bridgehead atoms. The number of hydrogen-bond acceptors (Lipinski definition) is 3. The molecule has 0 spiro atoms. The molecular weight excluding hydrogens is 394 g/mol. The Morgan fingerprint density at radius 1 is 0.913 bits per heavy atom.